The van der Waals surface area contributed by atoms with Crippen molar-refractivity contribution in [2.75, 3.05) is 6.61 Å². The van der Waals surface area contributed by atoms with Crippen molar-refractivity contribution in [2.45, 2.75) is 38.0 Å². The second-order valence-electron chi connectivity index (χ2n) is 6.71. The molecule has 0 spiro atoms. The lowest BCUT2D eigenvalue weighted by molar-refractivity contribution is -0.181. The van der Waals surface area contributed by atoms with Crippen LogP contribution >= 0.6 is 0 Å². The highest BCUT2D eigenvalue weighted by molar-refractivity contribution is 5.79. The van der Waals surface area contributed by atoms with Crippen LogP contribution < -0.4 is 0 Å². The number of carbonyl (C=O) groups excluding carboxylic acids is 1. The third-order valence-electron chi connectivity index (χ3n) is 5.52. The van der Waals surface area contributed by atoms with Gasteiger partial charge in [-0.3, -0.25) is 4.79 Å². The molecule has 2 aromatic carbocycles. The Bertz CT molecular complexity index is 715. The summed E-state index contributed by atoms with van der Waals surface area (Å²) >= 11 is 0. The van der Waals surface area contributed by atoms with E-state index in [-0.39, 0.29) is 11.9 Å². The highest BCUT2D eigenvalue weighted by Crippen LogP contribution is 2.53. The van der Waals surface area contributed by atoms with Gasteiger partial charge in [0.15, 0.2) is 5.72 Å². The first-order valence-corrected chi connectivity index (χ1v) is 8.84. The Kier molecular flexibility index (Phi) is 3.89. The van der Waals surface area contributed by atoms with Gasteiger partial charge in [-0.25, -0.2) is 0 Å². The van der Waals surface area contributed by atoms with Gasteiger partial charge in [0, 0.05) is 17.9 Å². The average Bonchev–Trinajstić information content (AvgIpc) is 3.06. The third-order valence-corrected chi connectivity index (χ3v) is 5.52. The zero-order valence-electron chi connectivity index (χ0n) is 14.0. The van der Waals surface area contributed by atoms with Crippen molar-refractivity contribution in [3.05, 3.63) is 71.8 Å². The monoisotopic (exact) mass is 321 g/mol. The van der Waals surface area contributed by atoms with Crippen LogP contribution in [0.2, 0.25) is 0 Å². The van der Waals surface area contributed by atoms with Crippen LogP contribution in [0.25, 0.3) is 0 Å². The third kappa shape index (κ3) is 2.19. The summed E-state index contributed by atoms with van der Waals surface area (Å²) in [5.74, 6) is 0.529. The van der Waals surface area contributed by atoms with E-state index in [2.05, 4.69) is 31.2 Å². The molecule has 2 saturated heterocycles. The summed E-state index contributed by atoms with van der Waals surface area (Å²) in [4.78, 5) is 15.0. The van der Waals surface area contributed by atoms with Crippen molar-refractivity contribution in [3.63, 3.8) is 0 Å². The van der Waals surface area contributed by atoms with E-state index >= 15 is 0 Å². The Morgan fingerprint density at radius 3 is 2.42 bits per heavy atom. The first-order valence-electron chi connectivity index (χ1n) is 8.84. The topological polar surface area (TPSA) is 29.5 Å². The molecule has 3 nitrogen and oxygen atoms in total. The summed E-state index contributed by atoms with van der Waals surface area (Å²) in [5, 5.41) is 0. The minimum atomic E-state index is -0.619. The molecule has 0 bridgehead atoms. The highest BCUT2D eigenvalue weighted by atomic mass is 16.5. The summed E-state index contributed by atoms with van der Waals surface area (Å²) in [7, 11) is 0. The summed E-state index contributed by atoms with van der Waals surface area (Å²) in [5.41, 5.74) is 1.63. The van der Waals surface area contributed by atoms with Crippen LogP contribution in [0.15, 0.2) is 60.7 Å². The number of hydrogen-bond donors (Lipinski definition) is 0. The Hall–Kier alpha value is -2.13. The summed E-state index contributed by atoms with van der Waals surface area (Å²) < 4.78 is 6.48. The zero-order chi connectivity index (χ0) is 16.6. The number of carbonyl (C=O) groups is 1. The van der Waals surface area contributed by atoms with Gasteiger partial charge in [0.2, 0.25) is 5.91 Å². The predicted molar refractivity (Wildman–Crippen MR) is 93.1 cm³/mol. The number of nitrogens with zero attached hydrogens (tertiary/aromatic N) is 1. The van der Waals surface area contributed by atoms with E-state index < -0.39 is 5.72 Å². The van der Waals surface area contributed by atoms with Crippen LogP contribution in [0.1, 0.15) is 43.4 Å². The maximum absolute atomic E-state index is 12.9. The smallest absolute Gasteiger partial charge is 0.225 e. The van der Waals surface area contributed by atoms with Gasteiger partial charge in [-0.15, -0.1) is 0 Å². The SMILES string of the molecule is CC[C@@H]1CCC(=O)N2[C@H](c3ccccc3)CO[C@@]12c1ccccc1. The Labute approximate surface area is 143 Å². The maximum Gasteiger partial charge on any atom is 0.225 e. The molecular formula is C21H23NO2. The van der Waals surface area contributed by atoms with Crippen molar-refractivity contribution in [3.8, 4) is 0 Å². The molecule has 124 valence electrons. The molecule has 0 radical (unpaired) electrons. The van der Waals surface area contributed by atoms with Gasteiger partial charge >= 0.3 is 0 Å². The summed E-state index contributed by atoms with van der Waals surface area (Å²) in [6.07, 6.45) is 2.50. The number of amides is 1. The maximum atomic E-state index is 12.9. The Morgan fingerprint density at radius 2 is 1.75 bits per heavy atom. The predicted octanol–water partition coefficient (Wildman–Crippen LogP) is 4.26. The van der Waals surface area contributed by atoms with Crippen LogP contribution in [0.5, 0.6) is 0 Å². The minimum absolute atomic E-state index is 0.00624. The van der Waals surface area contributed by atoms with Crippen LogP contribution in [-0.2, 0) is 15.3 Å². The molecule has 4 rings (SSSR count). The molecule has 1 amide bonds. The number of piperidine rings is 1. The van der Waals surface area contributed by atoms with Crippen molar-refractivity contribution < 1.29 is 9.53 Å². The number of benzene rings is 2. The van der Waals surface area contributed by atoms with Crippen molar-refractivity contribution in [1.82, 2.24) is 4.90 Å². The molecule has 2 heterocycles. The quantitative estimate of drug-likeness (QED) is 0.845. The molecule has 0 saturated carbocycles. The molecule has 2 aliphatic heterocycles. The molecule has 2 aromatic rings. The standard InChI is InChI=1S/C21H23NO2/c1-2-17-13-14-20(23)22-19(16-9-5-3-6-10-16)15-24-21(17,22)18-11-7-4-8-12-18/h3-12,17,19H,2,13-15H2,1H3/t17-,19+,21-/m1/s1. The lowest BCUT2D eigenvalue weighted by Crippen LogP contribution is -2.54. The molecule has 3 atom stereocenters. The van der Waals surface area contributed by atoms with Crippen molar-refractivity contribution in [2.24, 2.45) is 5.92 Å². The molecule has 0 aromatic heterocycles. The second kappa shape index (κ2) is 6.06. The number of hydrogen-bond acceptors (Lipinski definition) is 2. The minimum Gasteiger partial charge on any atom is -0.348 e. The van der Waals surface area contributed by atoms with E-state index in [1.165, 1.54) is 0 Å². The second-order valence-corrected chi connectivity index (χ2v) is 6.71. The molecule has 0 aliphatic carbocycles. The van der Waals surface area contributed by atoms with E-state index in [9.17, 15) is 4.79 Å². The van der Waals surface area contributed by atoms with Crippen LogP contribution in [0.4, 0.5) is 0 Å². The average molecular weight is 321 g/mol. The first-order chi connectivity index (χ1) is 11.8. The lowest BCUT2D eigenvalue weighted by Gasteiger charge is -2.48. The van der Waals surface area contributed by atoms with Gasteiger partial charge in [0.25, 0.3) is 0 Å². The Balaban J connectivity index is 1.85. The summed E-state index contributed by atoms with van der Waals surface area (Å²) in [6.45, 7) is 2.75. The fourth-order valence-electron chi connectivity index (χ4n) is 4.41. The molecule has 3 heteroatoms. The fourth-order valence-corrected chi connectivity index (χ4v) is 4.41. The molecular weight excluding hydrogens is 298 g/mol. The number of ether oxygens (including phenoxy) is 1. The fraction of sp³-hybridized carbons (Fsp3) is 0.381. The van der Waals surface area contributed by atoms with Gasteiger partial charge in [-0.2, -0.15) is 0 Å². The molecule has 2 fully saturated rings. The van der Waals surface area contributed by atoms with Crippen LogP contribution in [-0.4, -0.2) is 17.4 Å². The normalized spacial score (nSPS) is 29.5. The lowest BCUT2D eigenvalue weighted by atomic mass is 9.78. The van der Waals surface area contributed by atoms with Gasteiger partial charge in [0.1, 0.15) is 0 Å². The van der Waals surface area contributed by atoms with Gasteiger partial charge in [-0.1, -0.05) is 67.6 Å². The zero-order valence-corrected chi connectivity index (χ0v) is 14.0. The molecule has 0 unspecified atom stereocenters. The van der Waals surface area contributed by atoms with Crippen LogP contribution in [0, 0.1) is 5.92 Å². The van der Waals surface area contributed by atoms with E-state index in [4.69, 9.17) is 4.74 Å². The molecule has 0 N–H and O–H groups in total. The van der Waals surface area contributed by atoms with Crippen LogP contribution in [0.3, 0.4) is 0 Å². The largest absolute Gasteiger partial charge is 0.348 e. The van der Waals surface area contributed by atoms with E-state index in [0.29, 0.717) is 18.9 Å². The van der Waals surface area contributed by atoms with Crippen molar-refractivity contribution in [1.29, 1.82) is 0 Å². The molecule has 2 aliphatic rings. The van der Waals surface area contributed by atoms with E-state index in [1.54, 1.807) is 0 Å². The van der Waals surface area contributed by atoms with Gasteiger partial charge in [0.05, 0.1) is 12.6 Å². The van der Waals surface area contributed by atoms with Crippen molar-refractivity contribution >= 4 is 5.91 Å². The Morgan fingerprint density at radius 1 is 1.08 bits per heavy atom. The molecule has 24 heavy (non-hydrogen) atoms. The van der Waals surface area contributed by atoms with Gasteiger partial charge in [-0.05, 0) is 18.4 Å². The van der Waals surface area contributed by atoms with E-state index in [1.807, 2.05) is 41.3 Å². The highest BCUT2D eigenvalue weighted by Gasteiger charge is 2.57. The summed E-state index contributed by atoms with van der Waals surface area (Å²) in [6, 6.07) is 20.5. The number of fused-ring (bicyclic) bond motifs is 1. The number of rotatable bonds is 3. The van der Waals surface area contributed by atoms with E-state index in [0.717, 1.165) is 24.0 Å². The van der Waals surface area contributed by atoms with Gasteiger partial charge < -0.3 is 9.64 Å². The first kappa shape index (κ1) is 15.4.